The zero-order chi connectivity index (χ0) is 25.2. The van der Waals surface area contributed by atoms with E-state index in [0.717, 1.165) is 0 Å². The smallest absolute Gasteiger partial charge is 0.456 e. The number of β-lactam (4-membered cyclic amide) rings is 1. The first-order chi connectivity index (χ1) is 16.6. The van der Waals surface area contributed by atoms with E-state index < -0.39 is 41.4 Å². The van der Waals surface area contributed by atoms with Crippen molar-refractivity contribution in [3.63, 3.8) is 0 Å². The van der Waals surface area contributed by atoms with Gasteiger partial charge in [0.1, 0.15) is 35.2 Å². The zero-order valence-corrected chi connectivity index (χ0v) is 22.2. The Morgan fingerprint density at radius 3 is 2.14 bits per heavy atom. The lowest BCUT2D eigenvalue weighted by molar-refractivity contribution is -0.151. The fourth-order valence-electron chi connectivity index (χ4n) is 3.45. The molecule has 2 aliphatic heterocycles. The van der Waals surface area contributed by atoms with Crippen LogP contribution in [0.4, 0.5) is 0 Å². The Bertz CT molecular complexity index is 1130. The van der Waals surface area contributed by atoms with E-state index >= 15 is 0 Å². The van der Waals surface area contributed by atoms with E-state index in [0.29, 0.717) is 22.8 Å². The molecule has 8 nitrogen and oxygen atoms in total. The van der Waals surface area contributed by atoms with E-state index in [1.54, 1.807) is 67.6 Å². The van der Waals surface area contributed by atoms with Gasteiger partial charge in [0.25, 0.3) is 0 Å². The van der Waals surface area contributed by atoms with Crippen molar-refractivity contribution in [3.05, 3.63) is 71.9 Å². The van der Waals surface area contributed by atoms with Gasteiger partial charge in [-0.1, -0.05) is 71.2 Å². The second kappa shape index (κ2) is 10.6. The van der Waals surface area contributed by atoms with Crippen molar-refractivity contribution in [2.75, 3.05) is 12.4 Å². The third-order valence-corrected chi connectivity index (χ3v) is 8.20. The summed E-state index contributed by atoms with van der Waals surface area (Å²) in [6.07, 6.45) is 0. The predicted octanol–water partition coefficient (Wildman–Crippen LogP) is 5.31. The number of hydrogen-bond acceptors (Lipinski definition) is 7. The zero-order valence-electron chi connectivity index (χ0n) is 18.2. The number of halogens is 3. The van der Waals surface area contributed by atoms with Crippen molar-refractivity contribution >= 4 is 66.2 Å². The molecule has 0 bridgehead atoms. The summed E-state index contributed by atoms with van der Waals surface area (Å²) in [5.41, 5.74) is 0.713. The molecule has 2 aromatic rings. The molecule has 1 fully saturated rings. The van der Waals surface area contributed by atoms with Crippen molar-refractivity contribution in [1.29, 1.82) is 0 Å². The summed E-state index contributed by atoms with van der Waals surface area (Å²) in [6, 6.07) is 16.0. The summed E-state index contributed by atoms with van der Waals surface area (Å²) in [4.78, 5) is 27.1. The van der Waals surface area contributed by atoms with E-state index in [9.17, 15) is 14.2 Å². The normalized spacial score (nSPS) is 20.1. The number of alkyl halides is 3. The van der Waals surface area contributed by atoms with E-state index in [-0.39, 0.29) is 5.70 Å². The van der Waals surface area contributed by atoms with Crippen LogP contribution in [0.3, 0.4) is 0 Å². The van der Waals surface area contributed by atoms with E-state index in [2.05, 4.69) is 5.09 Å². The van der Waals surface area contributed by atoms with Crippen molar-refractivity contribution in [2.45, 2.75) is 22.1 Å². The van der Waals surface area contributed by atoms with Gasteiger partial charge >= 0.3 is 13.7 Å². The number of rotatable bonds is 8. The summed E-state index contributed by atoms with van der Waals surface area (Å²) in [6.45, 7) is 1.24. The van der Waals surface area contributed by atoms with Crippen LogP contribution < -0.4 is 14.1 Å². The van der Waals surface area contributed by atoms with Crippen LogP contribution in [0.2, 0.25) is 0 Å². The minimum atomic E-state index is -4.07. The summed E-state index contributed by atoms with van der Waals surface area (Å²) in [5.74, 6) is -0.239. The lowest BCUT2D eigenvalue weighted by atomic mass is 10.0. The number of thioether (sulfide) groups is 1. The lowest BCUT2D eigenvalue weighted by Gasteiger charge is -2.49. The Hall–Kier alpha value is -1.87. The van der Waals surface area contributed by atoms with Crippen LogP contribution in [-0.2, 0) is 18.9 Å². The van der Waals surface area contributed by atoms with Gasteiger partial charge in [0.2, 0.25) is 9.70 Å². The molecular formula is C22H20Cl3N2O6PS. The molecule has 35 heavy (non-hydrogen) atoms. The van der Waals surface area contributed by atoms with E-state index in [4.69, 9.17) is 48.6 Å². The molecule has 2 aliphatic rings. The fraction of sp³-hybridized carbons (Fsp3) is 0.273. The molecule has 4 rings (SSSR count). The molecule has 0 radical (unpaired) electrons. The number of benzene rings is 2. The molecule has 0 aromatic heterocycles. The molecule has 2 unspecified atom stereocenters. The van der Waals surface area contributed by atoms with Gasteiger partial charge in [-0.3, -0.25) is 9.69 Å². The Labute approximate surface area is 221 Å². The molecule has 0 spiro atoms. The quantitative estimate of drug-likeness (QED) is 0.195. The van der Waals surface area contributed by atoms with Gasteiger partial charge in [-0.15, -0.1) is 11.8 Å². The molecule has 0 aliphatic carbocycles. The lowest BCUT2D eigenvalue weighted by Crippen LogP contribution is -2.69. The minimum Gasteiger partial charge on any atom is -0.456 e. The highest BCUT2D eigenvalue weighted by atomic mass is 35.6. The van der Waals surface area contributed by atoms with Crippen LogP contribution in [0.5, 0.6) is 11.5 Å². The number of carbonyl (C=O) groups excluding carboxylic acids is 2. The average Bonchev–Trinajstić information content (AvgIpc) is 2.81. The van der Waals surface area contributed by atoms with E-state index in [1.165, 1.54) is 16.7 Å². The molecular weight excluding hydrogens is 558 g/mol. The van der Waals surface area contributed by atoms with Crippen molar-refractivity contribution in [3.8, 4) is 11.5 Å². The maximum Gasteiger partial charge on any atom is 0.513 e. The summed E-state index contributed by atoms with van der Waals surface area (Å²) in [5, 5.41) is 2.22. The second-order valence-electron chi connectivity index (χ2n) is 7.64. The van der Waals surface area contributed by atoms with Gasteiger partial charge in [-0.25, -0.2) is 9.36 Å². The van der Waals surface area contributed by atoms with Gasteiger partial charge in [0.15, 0.2) is 0 Å². The molecule has 1 N–H and O–H groups in total. The number of esters is 1. The largest absolute Gasteiger partial charge is 0.513 e. The monoisotopic (exact) mass is 576 g/mol. The van der Waals surface area contributed by atoms with Gasteiger partial charge in [0, 0.05) is 5.75 Å². The Morgan fingerprint density at radius 2 is 1.63 bits per heavy atom. The third kappa shape index (κ3) is 6.28. The number of para-hydroxylation sites is 2. The molecule has 186 valence electrons. The Kier molecular flexibility index (Phi) is 7.95. The SMILES string of the molecule is CC1=C(C(=O)OCC(Cl)(Cl)Cl)N2C(=O)C(NP(=O)(Oc3ccccc3)Oc3ccccc3)C2SC1. The van der Waals surface area contributed by atoms with Crippen molar-refractivity contribution in [1.82, 2.24) is 9.99 Å². The number of ether oxygens (including phenoxy) is 1. The second-order valence-corrected chi connectivity index (χ2v) is 12.9. The van der Waals surface area contributed by atoms with Gasteiger partial charge < -0.3 is 13.8 Å². The van der Waals surface area contributed by atoms with Crippen LogP contribution in [-0.4, -0.2) is 44.3 Å². The van der Waals surface area contributed by atoms with Gasteiger partial charge in [-0.2, -0.15) is 5.09 Å². The van der Waals surface area contributed by atoms with Gasteiger partial charge in [-0.05, 0) is 36.8 Å². The number of nitrogens with zero attached hydrogens (tertiary/aromatic N) is 1. The first kappa shape index (κ1) is 26.2. The van der Waals surface area contributed by atoms with Gasteiger partial charge in [0.05, 0.1) is 0 Å². The number of carbonyl (C=O) groups is 2. The first-order valence-electron chi connectivity index (χ1n) is 10.3. The van der Waals surface area contributed by atoms with E-state index in [1.807, 2.05) is 0 Å². The number of amides is 1. The average molecular weight is 578 g/mol. The van der Waals surface area contributed by atoms with Crippen LogP contribution in [0, 0.1) is 0 Å². The highest BCUT2D eigenvalue weighted by Crippen LogP contribution is 2.49. The number of fused-ring (bicyclic) bond motifs is 1. The Morgan fingerprint density at radius 1 is 1.09 bits per heavy atom. The molecule has 2 heterocycles. The third-order valence-electron chi connectivity index (χ3n) is 4.95. The molecule has 1 saturated heterocycles. The molecule has 2 atom stereocenters. The first-order valence-corrected chi connectivity index (χ1v) is 14.0. The maximum absolute atomic E-state index is 13.8. The highest BCUT2D eigenvalue weighted by molar-refractivity contribution is 8.00. The molecule has 2 aromatic carbocycles. The predicted molar refractivity (Wildman–Crippen MR) is 136 cm³/mol. The maximum atomic E-state index is 13.8. The van der Waals surface area contributed by atoms with Crippen LogP contribution in [0.15, 0.2) is 71.9 Å². The van der Waals surface area contributed by atoms with Crippen molar-refractivity contribution in [2.24, 2.45) is 0 Å². The summed E-state index contributed by atoms with van der Waals surface area (Å²) >= 11 is 18.4. The fourth-order valence-corrected chi connectivity index (χ4v) is 6.54. The molecule has 1 amide bonds. The highest BCUT2D eigenvalue weighted by Gasteiger charge is 2.56. The number of nitrogens with one attached hydrogen (secondary N) is 1. The van der Waals surface area contributed by atoms with Crippen LogP contribution in [0.1, 0.15) is 6.92 Å². The summed E-state index contributed by atoms with van der Waals surface area (Å²) in [7, 11) is -4.07. The van der Waals surface area contributed by atoms with Crippen LogP contribution >= 0.6 is 54.3 Å². The minimum absolute atomic E-state index is 0.0776. The molecule has 0 saturated carbocycles. The molecule has 13 heteroatoms. The standard InChI is InChI=1S/C22H20Cl3N2O6PS/c1-14-12-35-20-17(19(28)27(20)18(14)21(29)31-13-22(23,24)25)26-34(30,32-15-8-4-2-5-9-15)33-16-10-6-3-7-11-16/h2-11,17,20H,12-13H2,1H3,(H,26,30). The Balaban J connectivity index is 1.54. The van der Waals surface area contributed by atoms with Crippen molar-refractivity contribution < 1.29 is 27.9 Å². The summed E-state index contributed by atoms with van der Waals surface area (Å²) < 4.78 is 28.5. The topological polar surface area (TPSA) is 94.2 Å². The number of hydrogen-bond donors (Lipinski definition) is 1. The van der Waals surface area contributed by atoms with Crippen LogP contribution in [0.25, 0.3) is 0 Å².